The third-order valence-electron chi connectivity index (χ3n) is 10.4. The van der Waals surface area contributed by atoms with Crippen LogP contribution < -0.4 is 10.9 Å². The molecule has 1 amide bonds. The SMILES string of the molecule is C#Cc1cc(-c2c(C)cc(F)cc2C)c(F)c([C@H](CC(=O)O)NC(=O)[C@H](CC(C)C)n2cc(C3CCN(C[C@H]4CC4(F)F)CC3)c(C(F)(F)F)cc2=O)c1F. The van der Waals surface area contributed by atoms with Crippen LogP contribution in [-0.2, 0) is 15.8 Å². The number of alkyl halides is 5. The number of carboxylic acid groups (broad SMARTS) is 1. The minimum Gasteiger partial charge on any atom is -0.481 e. The molecular formula is C40H41F8N3O4. The summed E-state index contributed by atoms with van der Waals surface area (Å²) >= 11 is 0. The third kappa shape index (κ3) is 9.06. The molecule has 2 fully saturated rings. The van der Waals surface area contributed by atoms with Crippen molar-refractivity contribution in [3.05, 3.63) is 91.6 Å². The Morgan fingerprint density at radius 1 is 1.04 bits per heavy atom. The summed E-state index contributed by atoms with van der Waals surface area (Å²) in [5, 5.41) is 12.2. The maximum Gasteiger partial charge on any atom is 0.416 e. The van der Waals surface area contributed by atoms with E-state index in [2.05, 4.69) is 11.2 Å². The highest BCUT2D eigenvalue weighted by atomic mass is 19.4. The fourth-order valence-corrected chi connectivity index (χ4v) is 7.63. The van der Waals surface area contributed by atoms with Crippen LogP contribution in [0.2, 0.25) is 0 Å². The van der Waals surface area contributed by atoms with Crippen molar-refractivity contribution in [1.29, 1.82) is 0 Å². The number of benzene rings is 2. The van der Waals surface area contributed by atoms with Crippen LogP contribution in [0.5, 0.6) is 0 Å². The van der Waals surface area contributed by atoms with Crippen LogP contribution in [0, 0.1) is 55.5 Å². The van der Waals surface area contributed by atoms with Gasteiger partial charge >= 0.3 is 12.1 Å². The van der Waals surface area contributed by atoms with Gasteiger partial charge in [0, 0.05) is 42.3 Å². The molecule has 2 heterocycles. The smallest absolute Gasteiger partial charge is 0.416 e. The monoisotopic (exact) mass is 779 g/mol. The maximum atomic E-state index is 16.6. The van der Waals surface area contributed by atoms with Gasteiger partial charge in [-0.3, -0.25) is 14.4 Å². The molecule has 1 aliphatic heterocycles. The number of aliphatic carboxylic acids is 1. The number of amides is 1. The summed E-state index contributed by atoms with van der Waals surface area (Å²) in [6.45, 7) is 6.85. The van der Waals surface area contributed by atoms with Crippen LogP contribution in [0.15, 0.2) is 35.3 Å². The van der Waals surface area contributed by atoms with Gasteiger partial charge in [0.1, 0.15) is 23.5 Å². The van der Waals surface area contributed by atoms with Crippen molar-refractivity contribution in [3.63, 3.8) is 0 Å². The second-order valence-corrected chi connectivity index (χ2v) is 15.0. The van der Waals surface area contributed by atoms with Crippen LogP contribution in [0.1, 0.15) is 97.3 Å². The van der Waals surface area contributed by atoms with E-state index < -0.39 is 94.0 Å². The molecule has 3 atom stereocenters. The van der Waals surface area contributed by atoms with Gasteiger partial charge in [0.15, 0.2) is 0 Å². The van der Waals surface area contributed by atoms with Crippen molar-refractivity contribution in [3.8, 4) is 23.5 Å². The molecule has 296 valence electrons. The Bertz CT molecular complexity index is 2060. The molecule has 0 unspecified atom stereocenters. The topological polar surface area (TPSA) is 91.6 Å². The molecule has 5 rings (SSSR count). The molecular weight excluding hydrogens is 738 g/mol. The van der Waals surface area contributed by atoms with Crippen molar-refractivity contribution >= 4 is 11.9 Å². The van der Waals surface area contributed by atoms with E-state index in [1.54, 1.807) is 18.7 Å². The molecule has 1 aromatic heterocycles. The number of piperidine rings is 1. The largest absolute Gasteiger partial charge is 0.481 e. The fourth-order valence-electron chi connectivity index (χ4n) is 7.63. The van der Waals surface area contributed by atoms with Gasteiger partial charge in [-0.25, -0.2) is 22.0 Å². The zero-order chi connectivity index (χ0) is 40.7. The van der Waals surface area contributed by atoms with Gasteiger partial charge < -0.3 is 19.9 Å². The highest BCUT2D eigenvalue weighted by Crippen LogP contribution is 2.49. The maximum absolute atomic E-state index is 16.6. The van der Waals surface area contributed by atoms with Crippen molar-refractivity contribution in [2.45, 2.75) is 89.9 Å². The molecule has 2 N–H and O–H groups in total. The minimum absolute atomic E-state index is 0.107. The van der Waals surface area contributed by atoms with Crippen LogP contribution in [0.25, 0.3) is 11.1 Å². The van der Waals surface area contributed by atoms with Gasteiger partial charge in [-0.1, -0.05) is 19.8 Å². The Balaban J connectivity index is 1.56. The number of hydrogen-bond acceptors (Lipinski definition) is 4. The number of terminal acetylenes is 1. The van der Waals surface area contributed by atoms with Crippen molar-refractivity contribution in [1.82, 2.24) is 14.8 Å². The number of aryl methyl sites for hydroxylation is 2. The van der Waals surface area contributed by atoms with Gasteiger partial charge in [-0.05, 0) is 98.5 Å². The molecule has 0 radical (unpaired) electrons. The molecule has 1 saturated carbocycles. The van der Waals surface area contributed by atoms with E-state index in [-0.39, 0.29) is 79.1 Å². The number of hydrogen-bond donors (Lipinski definition) is 2. The first-order chi connectivity index (χ1) is 25.6. The molecule has 55 heavy (non-hydrogen) atoms. The van der Waals surface area contributed by atoms with Crippen LogP contribution in [0.4, 0.5) is 35.1 Å². The first kappa shape index (κ1) is 41.5. The number of pyridine rings is 1. The van der Waals surface area contributed by atoms with Crippen molar-refractivity contribution in [2.75, 3.05) is 19.6 Å². The molecule has 1 saturated heterocycles. The Morgan fingerprint density at radius 3 is 2.15 bits per heavy atom. The Morgan fingerprint density at radius 2 is 1.64 bits per heavy atom. The summed E-state index contributed by atoms with van der Waals surface area (Å²) in [6.07, 6.45) is 0.387. The molecule has 2 aromatic carbocycles. The second-order valence-electron chi connectivity index (χ2n) is 15.0. The summed E-state index contributed by atoms with van der Waals surface area (Å²) in [7, 11) is 0. The number of likely N-dealkylation sites (tertiary alicyclic amines) is 1. The third-order valence-corrected chi connectivity index (χ3v) is 10.4. The molecule has 1 aliphatic carbocycles. The lowest BCUT2D eigenvalue weighted by Crippen LogP contribution is -2.41. The minimum atomic E-state index is -4.96. The van der Waals surface area contributed by atoms with Crippen LogP contribution >= 0.6 is 0 Å². The quantitative estimate of drug-likeness (QED) is 0.143. The Hall–Kier alpha value is -4.71. The molecule has 3 aromatic rings. The molecule has 0 spiro atoms. The van der Waals surface area contributed by atoms with Gasteiger partial charge in [-0.2, -0.15) is 13.2 Å². The van der Waals surface area contributed by atoms with E-state index in [1.807, 2.05) is 0 Å². The summed E-state index contributed by atoms with van der Waals surface area (Å²) in [4.78, 5) is 41.5. The van der Waals surface area contributed by atoms with Gasteiger partial charge in [0.2, 0.25) is 5.91 Å². The normalized spacial score (nSPS) is 18.5. The fraction of sp³-hybridized carbons (Fsp3) is 0.475. The molecule has 15 heteroatoms. The highest BCUT2D eigenvalue weighted by Gasteiger charge is 2.57. The van der Waals surface area contributed by atoms with E-state index in [0.717, 1.165) is 29.0 Å². The summed E-state index contributed by atoms with van der Waals surface area (Å²) in [6, 6.07) is 0.129. The predicted octanol–water partition coefficient (Wildman–Crippen LogP) is 8.30. The summed E-state index contributed by atoms with van der Waals surface area (Å²) in [5.74, 6) is -8.55. The zero-order valence-electron chi connectivity index (χ0n) is 30.6. The lowest BCUT2D eigenvalue weighted by molar-refractivity contribution is -0.139. The molecule has 0 bridgehead atoms. The second kappa shape index (κ2) is 15.8. The number of carbonyl (C=O) groups is 2. The Labute approximate surface area is 312 Å². The predicted molar refractivity (Wildman–Crippen MR) is 188 cm³/mol. The van der Waals surface area contributed by atoms with E-state index in [4.69, 9.17) is 6.42 Å². The van der Waals surface area contributed by atoms with E-state index >= 15 is 8.78 Å². The van der Waals surface area contributed by atoms with E-state index in [9.17, 15) is 45.8 Å². The Kier molecular flexibility index (Phi) is 11.9. The van der Waals surface area contributed by atoms with Gasteiger partial charge in [0.25, 0.3) is 11.5 Å². The number of nitrogens with one attached hydrogen (secondary N) is 1. The number of carboxylic acids is 1. The van der Waals surface area contributed by atoms with E-state index in [0.29, 0.717) is 6.07 Å². The lowest BCUT2D eigenvalue weighted by atomic mass is 9.87. The van der Waals surface area contributed by atoms with Gasteiger partial charge in [-0.15, -0.1) is 6.42 Å². The zero-order valence-corrected chi connectivity index (χ0v) is 30.6. The number of aromatic nitrogens is 1. The van der Waals surface area contributed by atoms with Crippen LogP contribution in [-0.4, -0.2) is 52.0 Å². The van der Waals surface area contributed by atoms with Crippen molar-refractivity contribution in [2.24, 2.45) is 11.8 Å². The first-order valence-corrected chi connectivity index (χ1v) is 17.8. The van der Waals surface area contributed by atoms with Crippen LogP contribution in [0.3, 0.4) is 0 Å². The average molecular weight is 780 g/mol. The standard InChI is InChI=1S/C40H41F8N3O4/c1-6-23-14-27(34-21(4)12-26(41)13-22(34)5)37(43)35(36(23)42)30(16-33(53)54)49-38(55)31(11-20(2)3)51-19-28(29(15-32(51)52)40(46,47)48)24-7-9-50(10-8-24)18-25-17-39(25,44)45/h1,12-15,19-20,24-25,30-31H,7-11,16-18H2,2-5H3,(H,49,55)(H,53,54)/t25-,30+,31+/m1/s1. The average Bonchev–Trinajstić information content (AvgIpc) is 3.68. The molecule has 7 nitrogen and oxygen atoms in total. The number of rotatable bonds is 12. The summed E-state index contributed by atoms with van der Waals surface area (Å²) in [5.41, 5.74) is -3.72. The molecule has 2 aliphatic rings. The highest BCUT2D eigenvalue weighted by molar-refractivity contribution is 5.82. The van der Waals surface area contributed by atoms with Crippen molar-refractivity contribution < 1.29 is 49.8 Å². The first-order valence-electron chi connectivity index (χ1n) is 17.8. The lowest BCUT2D eigenvalue weighted by Gasteiger charge is -2.34. The number of nitrogens with zero attached hydrogens (tertiary/aromatic N) is 2. The summed E-state index contributed by atoms with van der Waals surface area (Å²) < 4.78 is 118. The number of carbonyl (C=O) groups excluding carboxylic acids is 1. The number of halogens is 8. The van der Waals surface area contributed by atoms with Gasteiger partial charge in [0.05, 0.1) is 23.6 Å². The van der Waals surface area contributed by atoms with E-state index in [1.165, 1.54) is 13.8 Å².